The monoisotopic (exact) mass is 275 g/mol. The van der Waals surface area contributed by atoms with Crippen LogP contribution in [0.4, 0.5) is 5.69 Å². The Labute approximate surface area is 116 Å². The number of nitrogens with one attached hydrogen (secondary N) is 1. The van der Waals surface area contributed by atoms with Crippen molar-refractivity contribution < 1.29 is 9.72 Å². The van der Waals surface area contributed by atoms with Crippen LogP contribution >= 0.6 is 0 Å². The quantitative estimate of drug-likeness (QED) is 0.672. The van der Waals surface area contributed by atoms with Crippen molar-refractivity contribution in [1.29, 1.82) is 0 Å². The molecule has 1 unspecified atom stereocenters. The minimum atomic E-state index is -0.411. The maximum Gasteiger partial charge on any atom is 0.278 e. The van der Waals surface area contributed by atoms with Crippen molar-refractivity contribution in [2.45, 2.75) is 32.9 Å². The lowest BCUT2D eigenvalue weighted by atomic mass is 10.2. The number of nitrogens with zero attached hydrogens (tertiary/aromatic N) is 2. The topological polar surface area (TPSA) is 77.2 Å². The summed E-state index contributed by atoms with van der Waals surface area (Å²) in [5, 5.41) is 14.4. The van der Waals surface area contributed by atoms with E-state index < -0.39 is 4.92 Å². The number of aromatic nitrogens is 1. The highest BCUT2D eigenvalue weighted by Crippen LogP contribution is 2.26. The van der Waals surface area contributed by atoms with E-state index in [-0.39, 0.29) is 24.2 Å². The second-order valence-corrected chi connectivity index (χ2v) is 4.79. The molecule has 2 aromatic rings. The molecule has 6 heteroatoms. The Bertz CT molecular complexity index is 648. The van der Waals surface area contributed by atoms with Crippen LogP contribution in [0, 0.1) is 10.1 Å². The van der Waals surface area contributed by atoms with Crippen molar-refractivity contribution in [3.63, 3.8) is 0 Å². The molecule has 2 rings (SSSR count). The summed E-state index contributed by atoms with van der Waals surface area (Å²) < 4.78 is 1.72. The summed E-state index contributed by atoms with van der Waals surface area (Å²) >= 11 is 0. The van der Waals surface area contributed by atoms with E-state index in [0.29, 0.717) is 10.9 Å². The van der Waals surface area contributed by atoms with Gasteiger partial charge in [0.2, 0.25) is 5.91 Å². The summed E-state index contributed by atoms with van der Waals surface area (Å²) in [6.07, 6.45) is 2.57. The summed E-state index contributed by atoms with van der Waals surface area (Å²) in [4.78, 5) is 22.4. The van der Waals surface area contributed by atoms with Gasteiger partial charge in [0.15, 0.2) is 0 Å². The molecule has 0 aliphatic heterocycles. The SMILES string of the molecule is CCC(C)NC(=O)Cn1ccc2c([N+](=O)[O-])cccc21. The van der Waals surface area contributed by atoms with Gasteiger partial charge in [0.1, 0.15) is 6.54 Å². The molecule has 0 radical (unpaired) electrons. The summed E-state index contributed by atoms with van der Waals surface area (Å²) in [6, 6.07) is 6.66. The van der Waals surface area contributed by atoms with Gasteiger partial charge >= 0.3 is 0 Å². The molecular weight excluding hydrogens is 258 g/mol. The molecule has 1 amide bonds. The highest BCUT2D eigenvalue weighted by atomic mass is 16.6. The molecule has 6 nitrogen and oxygen atoms in total. The van der Waals surface area contributed by atoms with Gasteiger partial charge in [0.25, 0.3) is 5.69 Å². The molecule has 1 atom stereocenters. The number of carbonyl (C=O) groups is 1. The summed E-state index contributed by atoms with van der Waals surface area (Å²) in [7, 11) is 0. The van der Waals surface area contributed by atoms with E-state index >= 15 is 0 Å². The van der Waals surface area contributed by atoms with Gasteiger partial charge in [-0.15, -0.1) is 0 Å². The van der Waals surface area contributed by atoms with Gasteiger partial charge in [0, 0.05) is 18.3 Å². The number of non-ortho nitro benzene ring substituents is 1. The number of carbonyl (C=O) groups excluding carboxylic acids is 1. The number of benzene rings is 1. The minimum Gasteiger partial charge on any atom is -0.352 e. The van der Waals surface area contributed by atoms with E-state index in [1.165, 1.54) is 6.07 Å². The van der Waals surface area contributed by atoms with E-state index in [2.05, 4.69) is 5.32 Å². The Balaban J connectivity index is 2.26. The van der Waals surface area contributed by atoms with Crippen LogP contribution < -0.4 is 5.32 Å². The van der Waals surface area contributed by atoms with Gasteiger partial charge in [0.05, 0.1) is 15.8 Å². The molecule has 0 aliphatic carbocycles. The average molecular weight is 275 g/mol. The van der Waals surface area contributed by atoms with E-state index in [0.717, 1.165) is 6.42 Å². The van der Waals surface area contributed by atoms with Gasteiger partial charge in [-0.05, 0) is 25.5 Å². The normalized spacial score (nSPS) is 12.3. The standard InChI is InChI=1S/C14H17N3O3/c1-3-10(2)15-14(18)9-16-8-7-11-12(16)5-4-6-13(11)17(19)20/h4-8,10H,3,9H2,1-2H3,(H,15,18). The Kier molecular flexibility index (Phi) is 4.02. The van der Waals surface area contributed by atoms with Crippen molar-refractivity contribution in [2.24, 2.45) is 0 Å². The maximum atomic E-state index is 11.9. The van der Waals surface area contributed by atoms with E-state index in [1.807, 2.05) is 13.8 Å². The zero-order valence-electron chi connectivity index (χ0n) is 11.5. The third kappa shape index (κ3) is 2.79. The van der Waals surface area contributed by atoms with E-state index in [4.69, 9.17) is 0 Å². The third-order valence-electron chi connectivity index (χ3n) is 3.32. The second kappa shape index (κ2) is 5.73. The van der Waals surface area contributed by atoms with Crippen molar-refractivity contribution in [1.82, 2.24) is 9.88 Å². The smallest absolute Gasteiger partial charge is 0.278 e. The first kappa shape index (κ1) is 14.0. The fraction of sp³-hybridized carbons (Fsp3) is 0.357. The molecule has 20 heavy (non-hydrogen) atoms. The van der Waals surface area contributed by atoms with Gasteiger partial charge in [-0.25, -0.2) is 0 Å². The van der Waals surface area contributed by atoms with Crippen LogP contribution in [0.2, 0.25) is 0 Å². The molecule has 1 aromatic heterocycles. The highest BCUT2D eigenvalue weighted by Gasteiger charge is 2.15. The molecule has 1 aromatic carbocycles. The lowest BCUT2D eigenvalue weighted by Gasteiger charge is -2.12. The van der Waals surface area contributed by atoms with E-state index in [1.54, 1.807) is 29.0 Å². The predicted octanol–water partition coefficient (Wildman–Crippen LogP) is 2.46. The zero-order chi connectivity index (χ0) is 14.7. The zero-order valence-corrected chi connectivity index (χ0v) is 11.5. The summed E-state index contributed by atoms with van der Waals surface area (Å²) in [6.45, 7) is 4.10. The predicted molar refractivity (Wildman–Crippen MR) is 76.5 cm³/mol. The number of hydrogen-bond donors (Lipinski definition) is 1. The van der Waals surface area contributed by atoms with Crippen LogP contribution in [0.5, 0.6) is 0 Å². The number of nitro benzene ring substituents is 1. The fourth-order valence-corrected chi connectivity index (χ4v) is 2.08. The summed E-state index contributed by atoms with van der Waals surface area (Å²) in [5.74, 6) is -0.0941. The highest BCUT2D eigenvalue weighted by molar-refractivity contribution is 5.90. The first-order chi connectivity index (χ1) is 9.52. The number of hydrogen-bond acceptors (Lipinski definition) is 3. The average Bonchev–Trinajstić information content (AvgIpc) is 2.81. The van der Waals surface area contributed by atoms with Crippen molar-refractivity contribution >= 4 is 22.5 Å². The fourth-order valence-electron chi connectivity index (χ4n) is 2.08. The Morgan fingerprint density at radius 2 is 2.20 bits per heavy atom. The second-order valence-electron chi connectivity index (χ2n) is 4.79. The van der Waals surface area contributed by atoms with Crippen LogP contribution in [0.25, 0.3) is 10.9 Å². The van der Waals surface area contributed by atoms with E-state index in [9.17, 15) is 14.9 Å². The number of nitro groups is 1. The molecule has 0 bridgehead atoms. The lowest BCUT2D eigenvalue weighted by Crippen LogP contribution is -2.34. The Morgan fingerprint density at radius 1 is 1.45 bits per heavy atom. The molecule has 0 spiro atoms. The minimum absolute atomic E-state index is 0.0589. The lowest BCUT2D eigenvalue weighted by molar-refractivity contribution is -0.383. The number of rotatable bonds is 5. The third-order valence-corrected chi connectivity index (χ3v) is 3.32. The molecule has 0 saturated carbocycles. The molecule has 0 saturated heterocycles. The first-order valence-electron chi connectivity index (χ1n) is 6.54. The molecule has 0 fully saturated rings. The van der Waals surface area contributed by atoms with Crippen molar-refractivity contribution in [3.05, 3.63) is 40.6 Å². The van der Waals surface area contributed by atoms with Gasteiger partial charge in [-0.1, -0.05) is 13.0 Å². The molecule has 1 N–H and O–H groups in total. The largest absolute Gasteiger partial charge is 0.352 e. The van der Waals surface area contributed by atoms with Gasteiger partial charge in [-0.2, -0.15) is 0 Å². The molecule has 0 aliphatic rings. The molecule has 1 heterocycles. The first-order valence-corrected chi connectivity index (χ1v) is 6.54. The van der Waals surface area contributed by atoms with Crippen LogP contribution in [0.1, 0.15) is 20.3 Å². The summed E-state index contributed by atoms with van der Waals surface area (Å²) in [5.41, 5.74) is 0.752. The Hall–Kier alpha value is -2.37. The van der Waals surface area contributed by atoms with Crippen molar-refractivity contribution in [2.75, 3.05) is 0 Å². The molecule has 106 valence electrons. The molecular formula is C14H17N3O3. The van der Waals surface area contributed by atoms with Crippen molar-refractivity contribution in [3.8, 4) is 0 Å². The van der Waals surface area contributed by atoms with Crippen LogP contribution in [0.15, 0.2) is 30.5 Å². The Morgan fingerprint density at radius 3 is 2.85 bits per heavy atom. The number of amides is 1. The maximum absolute atomic E-state index is 11.9. The van der Waals surface area contributed by atoms with Crippen LogP contribution in [0.3, 0.4) is 0 Å². The van der Waals surface area contributed by atoms with Crippen LogP contribution in [-0.2, 0) is 11.3 Å². The van der Waals surface area contributed by atoms with Crippen LogP contribution in [-0.4, -0.2) is 21.4 Å². The van der Waals surface area contributed by atoms with Gasteiger partial charge in [-0.3, -0.25) is 14.9 Å². The van der Waals surface area contributed by atoms with Gasteiger partial charge < -0.3 is 9.88 Å². The number of fused-ring (bicyclic) bond motifs is 1.